The van der Waals surface area contributed by atoms with Crippen LogP contribution in [0.3, 0.4) is 0 Å². The van der Waals surface area contributed by atoms with Crippen molar-refractivity contribution < 1.29 is 18.0 Å². The van der Waals surface area contributed by atoms with E-state index in [9.17, 15) is 18.4 Å². The second-order valence-electron chi connectivity index (χ2n) is 6.60. The maximum absolute atomic E-state index is 13.0. The number of rotatable bonds is 1. The van der Waals surface area contributed by atoms with Gasteiger partial charge in [-0.3, -0.25) is 4.99 Å². The summed E-state index contributed by atoms with van der Waals surface area (Å²) >= 11 is 0. The first-order valence-corrected chi connectivity index (χ1v) is 8.24. The van der Waals surface area contributed by atoms with E-state index in [0.717, 1.165) is 23.3 Å². The predicted octanol–water partition coefficient (Wildman–Crippen LogP) is 4.01. The minimum absolute atomic E-state index is 0.00314. The third-order valence-corrected chi connectivity index (χ3v) is 4.69. The van der Waals surface area contributed by atoms with Crippen molar-refractivity contribution in [3.05, 3.63) is 70.1 Å². The lowest BCUT2D eigenvalue weighted by molar-refractivity contribution is -0.673. The van der Waals surface area contributed by atoms with E-state index in [2.05, 4.69) is 4.99 Å². The maximum Gasteiger partial charge on any atom is 0.416 e. The third-order valence-electron chi connectivity index (χ3n) is 4.69. The minimum Gasteiger partial charge on any atom is -0.595 e. The molecular formula is C19H16F3N3O. The topological polar surface area (TPSA) is 44.2 Å². The Hall–Kier alpha value is -2.83. The van der Waals surface area contributed by atoms with E-state index < -0.39 is 11.7 Å². The largest absolute Gasteiger partial charge is 0.595 e. The lowest BCUT2D eigenvalue weighted by atomic mass is 10.0. The fourth-order valence-corrected chi connectivity index (χ4v) is 3.35. The summed E-state index contributed by atoms with van der Waals surface area (Å²) in [5.41, 5.74) is 2.28. The number of benzene rings is 2. The highest BCUT2D eigenvalue weighted by atomic mass is 19.4. The van der Waals surface area contributed by atoms with Crippen LogP contribution in [0.2, 0.25) is 0 Å². The molecule has 0 saturated heterocycles. The number of aryl methyl sites for hydroxylation is 1. The summed E-state index contributed by atoms with van der Waals surface area (Å²) in [5.74, 6) is 0. The lowest BCUT2D eigenvalue weighted by Crippen LogP contribution is -2.43. The average molecular weight is 359 g/mol. The van der Waals surface area contributed by atoms with Crippen LogP contribution in [0.5, 0.6) is 0 Å². The van der Waals surface area contributed by atoms with E-state index in [1.807, 2.05) is 38.1 Å². The molecular weight excluding hydrogens is 343 g/mol. The first-order valence-electron chi connectivity index (χ1n) is 8.24. The normalized spacial score (nSPS) is 17.3. The molecule has 134 valence electrons. The molecule has 0 bridgehead atoms. The molecule has 1 atom stereocenters. The average Bonchev–Trinajstić information content (AvgIpc) is 2.89. The van der Waals surface area contributed by atoms with Crippen LogP contribution in [0.1, 0.15) is 35.3 Å². The molecule has 0 spiro atoms. The highest BCUT2D eigenvalue weighted by molar-refractivity contribution is 6.18. The van der Waals surface area contributed by atoms with Crippen molar-refractivity contribution in [2.75, 3.05) is 6.54 Å². The number of aliphatic imine (C=N–C) groups is 1. The van der Waals surface area contributed by atoms with Gasteiger partial charge in [0.15, 0.2) is 0 Å². The van der Waals surface area contributed by atoms with E-state index in [0.29, 0.717) is 28.2 Å². The van der Waals surface area contributed by atoms with Crippen molar-refractivity contribution in [1.29, 1.82) is 0 Å². The molecule has 1 unspecified atom stereocenters. The third kappa shape index (κ3) is 2.46. The quantitative estimate of drug-likeness (QED) is 0.478. The lowest BCUT2D eigenvalue weighted by Gasteiger charge is -2.20. The Morgan fingerprint density at radius 1 is 1.15 bits per heavy atom. The van der Waals surface area contributed by atoms with Crippen LogP contribution in [-0.4, -0.2) is 16.9 Å². The summed E-state index contributed by atoms with van der Waals surface area (Å²) in [6.45, 7) is 4.19. The molecule has 4 rings (SSSR count). The van der Waals surface area contributed by atoms with E-state index in [1.54, 1.807) is 0 Å². The molecule has 26 heavy (non-hydrogen) atoms. The zero-order valence-electron chi connectivity index (χ0n) is 14.2. The van der Waals surface area contributed by atoms with Crippen LogP contribution in [0, 0.1) is 12.1 Å². The summed E-state index contributed by atoms with van der Waals surface area (Å²) < 4.78 is 40.6. The van der Waals surface area contributed by atoms with Crippen molar-refractivity contribution in [3.8, 4) is 0 Å². The Morgan fingerprint density at radius 3 is 2.50 bits per heavy atom. The summed E-state index contributed by atoms with van der Waals surface area (Å²) in [4.78, 5) is 5.17. The molecule has 7 heteroatoms. The van der Waals surface area contributed by atoms with Crippen LogP contribution in [-0.2, 0) is 6.18 Å². The molecule has 2 aromatic carbocycles. The van der Waals surface area contributed by atoms with Gasteiger partial charge in [-0.15, -0.1) is 4.68 Å². The molecule has 0 aliphatic carbocycles. The Labute approximate surface area is 147 Å². The molecule has 0 radical (unpaired) electrons. The van der Waals surface area contributed by atoms with E-state index in [4.69, 9.17) is 0 Å². The highest BCUT2D eigenvalue weighted by Crippen LogP contribution is 2.33. The Bertz CT molecular complexity index is 1030. The number of alkyl halides is 3. The number of fused-ring (bicyclic) bond motifs is 3. The molecule has 0 amide bonds. The summed E-state index contributed by atoms with van der Waals surface area (Å²) in [6, 6.07) is 10.7. The zero-order chi connectivity index (χ0) is 18.6. The zero-order valence-corrected chi connectivity index (χ0v) is 14.2. The number of nitrogens with zero attached hydrogens (tertiary/aromatic N) is 3. The van der Waals surface area contributed by atoms with Gasteiger partial charge < -0.3 is 5.21 Å². The second-order valence-corrected chi connectivity index (χ2v) is 6.60. The van der Waals surface area contributed by atoms with Gasteiger partial charge in [-0.2, -0.15) is 13.2 Å². The fraction of sp³-hybridized carbons (Fsp3) is 0.263. The van der Waals surface area contributed by atoms with Crippen molar-refractivity contribution in [2.24, 2.45) is 4.99 Å². The molecule has 1 aliphatic rings. The SMILES string of the molecule is Cc1ccc(C2=NCC(C)n3c2c2ccc(C(F)(F)F)cc2[n+]3[O-])cc1. The molecule has 2 heterocycles. The van der Waals surface area contributed by atoms with E-state index in [1.165, 1.54) is 10.7 Å². The monoisotopic (exact) mass is 359 g/mol. The summed E-state index contributed by atoms with van der Waals surface area (Å²) in [7, 11) is 0. The molecule has 0 N–H and O–H groups in total. The molecule has 0 saturated carbocycles. The number of aromatic nitrogens is 2. The molecule has 0 fully saturated rings. The van der Waals surface area contributed by atoms with Gasteiger partial charge >= 0.3 is 6.18 Å². The van der Waals surface area contributed by atoms with Gasteiger partial charge in [-0.25, -0.2) is 0 Å². The second kappa shape index (κ2) is 5.59. The summed E-state index contributed by atoms with van der Waals surface area (Å²) in [6.07, 6.45) is -4.50. The van der Waals surface area contributed by atoms with Gasteiger partial charge in [0.25, 0.3) is 5.52 Å². The van der Waals surface area contributed by atoms with Crippen LogP contribution < -0.4 is 4.85 Å². The molecule has 3 aromatic rings. The highest BCUT2D eigenvalue weighted by Gasteiger charge is 2.35. The maximum atomic E-state index is 13.0. The standard InChI is InChI=1S/C19H16F3N3O/c1-11-3-5-13(6-4-11)17-18-15-8-7-14(19(20,21)22)9-16(15)25(26)24(18)12(2)10-23-17/h3-9,12H,10H2,1-2H3. The Kier molecular flexibility index (Phi) is 3.57. The van der Waals surface area contributed by atoms with Crippen molar-refractivity contribution >= 4 is 16.6 Å². The van der Waals surface area contributed by atoms with Crippen LogP contribution in [0.25, 0.3) is 10.9 Å². The van der Waals surface area contributed by atoms with Crippen LogP contribution in [0.15, 0.2) is 47.5 Å². The van der Waals surface area contributed by atoms with Crippen molar-refractivity contribution in [1.82, 2.24) is 4.68 Å². The van der Waals surface area contributed by atoms with Crippen LogP contribution >= 0.6 is 0 Å². The Morgan fingerprint density at radius 2 is 1.85 bits per heavy atom. The predicted molar refractivity (Wildman–Crippen MR) is 92.3 cm³/mol. The van der Waals surface area contributed by atoms with Gasteiger partial charge in [-0.05, 0) is 26.0 Å². The first-order chi connectivity index (χ1) is 12.3. The molecule has 1 aliphatic heterocycles. The molecule has 1 aromatic heterocycles. The minimum atomic E-state index is -4.50. The smallest absolute Gasteiger partial charge is 0.416 e. The Balaban J connectivity index is 1.98. The van der Waals surface area contributed by atoms with Gasteiger partial charge in [0.05, 0.1) is 23.2 Å². The van der Waals surface area contributed by atoms with Crippen molar-refractivity contribution in [3.63, 3.8) is 0 Å². The number of hydrogen-bond donors (Lipinski definition) is 0. The van der Waals surface area contributed by atoms with E-state index >= 15 is 0 Å². The van der Waals surface area contributed by atoms with Crippen molar-refractivity contribution in [2.45, 2.75) is 26.1 Å². The first kappa shape index (κ1) is 16.6. The van der Waals surface area contributed by atoms with Gasteiger partial charge in [0.2, 0.25) is 0 Å². The van der Waals surface area contributed by atoms with E-state index in [-0.39, 0.29) is 11.6 Å². The van der Waals surface area contributed by atoms with Gasteiger partial charge in [0.1, 0.15) is 11.7 Å². The number of halogens is 3. The van der Waals surface area contributed by atoms with Crippen LogP contribution in [0.4, 0.5) is 13.2 Å². The fourth-order valence-electron chi connectivity index (χ4n) is 3.35. The van der Waals surface area contributed by atoms with Gasteiger partial charge in [-0.1, -0.05) is 34.7 Å². The summed E-state index contributed by atoms with van der Waals surface area (Å²) in [5, 5.41) is 13.2. The van der Waals surface area contributed by atoms with Gasteiger partial charge in [0, 0.05) is 11.6 Å². The number of hydrogen-bond acceptors (Lipinski definition) is 2. The molecule has 4 nitrogen and oxygen atoms in total.